The molecule has 1 saturated carbocycles. The number of piperidine rings is 1. The Balaban J connectivity index is 1.59. The molecular formula is C14H22N4O. The maximum absolute atomic E-state index is 12.5. The molecule has 0 aromatic carbocycles. The van der Waals surface area contributed by atoms with E-state index in [-0.39, 0.29) is 5.91 Å². The van der Waals surface area contributed by atoms with Gasteiger partial charge in [0.15, 0.2) is 0 Å². The van der Waals surface area contributed by atoms with E-state index in [1.54, 1.807) is 6.20 Å². The minimum absolute atomic E-state index is 0.174. The van der Waals surface area contributed by atoms with Crippen molar-refractivity contribution in [1.29, 1.82) is 0 Å². The van der Waals surface area contributed by atoms with Crippen LogP contribution in [0, 0.1) is 0 Å². The number of aromatic nitrogens is 2. The van der Waals surface area contributed by atoms with E-state index in [0.717, 1.165) is 51.6 Å². The number of nitrogens with two attached hydrogens (primary N) is 1. The first kappa shape index (κ1) is 12.7. The number of hydrogen-bond acceptors (Lipinski definition) is 3. The summed E-state index contributed by atoms with van der Waals surface area (Å²) in [7, 11) is 0. The van der Waals surface area contributed by atoms with E-state index in [0.29, 0.717) is 5.92 Å². The smallest absolute Gasteiger partial charge is 0.242 e. The first-order valence-electron chi connectivity index (χ1n) is 7.26. The molecule has 0 unspecified atom stereocenters. The molecule has 19 heavy (non-hydrogen) atoms. The third kappa shape index (κ3) is 2.39. The van der Waals surface area contributed by atoms with Gasteiger partial charge in [-0.05, 0) is 31.7 Å². The second-order valence-electron chi connectivity index (χ2n) is 5.94. The number of hydrogen-bond donors (Lipinski definition) is 2. The van der Waals surface area contributed by atoms with Gasteiger partial charge in [0.25, 0.3) is 0 Å². The summed E-state index contributed by atoms with van der Waals surface area (Å²) in [5.74, 6) is 0.678. The highest BCUT2D eigenvalue weighted by Crippen LogP contribution is 2.32. The first-order valence-corrected chi connectivity index (χ1v) is 7.26. The van der Waals surface area contributed by atoms with Crippen molar-refractivity contribution in [3.63, 3.8) is 0 Å². The van der Waals surface area contributed by atoms with Crippen LogP contribution in [0.3, 0.4) is 0 Å². The number of aromatic amines is 1. The Morgan fingerprint density at radius 2 is 2.05 bits per heavy atom. The first-order chi connectivity index (χ1) is 9.19. The van der Waals surface area contributed by atoms with Crippen LogP contribution in [0.2, 0.25) is 0 Å². The molecule has 2 fully saturated rings. The Labute approximate surface area is 113 Å². The molecule has 0 radical (unpaired) electrons. The van der Waals surface area contributed by atoms with E-state index in [4.69, 9.17) is 5.73 Å². The van der Waals surface area contributed by atoms with E-state index in [9.17, 15) is 4.79 Å². The Kier molecular flexibility index (Phi) is 3.31. The highest BCUT2D eigenvalue weighted by Gasteiger charge is 2.40. The monoisotopic (exact) mass is 262 g/mol. The standard InChI is InChI=1S/C14H22N4O/c15-14(6-1-2-7-14)13(19)18-9-4-11(5-10-18)12-3-8-16-17-12/h3,8,11H,1-2,4-7,9-10,15H2,(H,16,17). The Morgan fingerprint density at radius 3 is 2.63 bits per heavy atom. The van der Waals surface area contributed by atoms with E-state index >= 15 is 0 Å². The molecule has 2 aliphatic rings. The molecule has 0 atom stereocenters. The van der Waals surface area contributed by atoms with Crippen LogP contribution in [-0.2, 0) is 4.79 Å². The summed E-state index contributed by atoms with van der Waals surface area (Å²) >= 11 is 0. The molecule has 1 aliphatic carbocycles. The van der Waals surface area contributed by atoms with Gasteiger partial charge >= 0.3 is 0 Å². The number of amides is 1. The maximum atomic E-state index is 12.5. The lowest BCUT2D eigenvalue weighted by atomic mass is 9.91. The van der Waals surface area contributed by atoms with Crippen LogP contribution in [0.25, 0.3) is 0 Å². The molecule has 1 aromatic heterocycles. The number of nitrogens with zero attached hydrogens (tertiary/aromatic N) is 2. The number of carbonyl (C=O) groups is 1. The fourth-order valence-electron chi connectivity index (χ4n) is 3.42. The zero-order chi connectivity index (χ0) is 13.3. The zero-order valence-corrected chi connectivity index (χ0v) is 11.3. The van der Waals surface area contributed by atoms with Crippen LogP contribution in [0.5, 0.6) is 0 Å². The van der Waals surface area contributed by atoms with Crippen molar-refractivity contribution in [2.24, 2.45) is 5.73 Å². The normalized spacial score (nSPS) is 23.7. The van der Waals surface area contributed by atoms with Gasteiger partial charge in [-0.3, -0.25) is 9.89 Å². The minimum atomic E-state index is -0.569. The fourth-order valence-corrected chi connectivity index (χ4v) is 3.42. The third-order valence-corrected chi connectivity index (χ3v) is 4.67. The zero-order valence-electron chi connectivity index (χ0n) is 11.3. The largest absolute Gasteiger partial charge is 0.341 e. The maximum Gasteiger partial charge on any atom is 0.242 e. The van der Waals surface area contributed by atoms with Crippen molar-refractivity contribution in [1.82, 2.24) is 15.1 Å². The average Bonchev–Trinajstić information content (AvgIpc) is 3.10. The Hall–Kier alpha value is -1.36. The summed E-state index contributed by atoms with van der Waals surface area (Å²) in [5.41, 5.74) is 6.88. The van der Waals surface area contributed by atoms with Crippen molar-refractivity contribution in [2.45, 2.75) is 50.0 Å². The van der Waals surface area contributed by atoms with Gasteiger partial charge in [-0.2, -0.15) is 5.10 Å². The molecule has 1 aliphatic heterocycles. The predicted octanol–water partition coefficient (Wildman–Crippen LogP) is 1.39. The summed E-state index contributed by atoms with van der Waals surface area (Å²) in [4.78, 5) is 14.5. The minimum Gasteiger partial charge on any atom is -0.341 e. The van der Waals surface area contributed by atoms with Gasteiger partial charge < -0.3 is 10.6 Å². The topological polar surface area (TPSA) is 75.0 Å². The van der Waals surface area contributed by atoms with E-state index in [1.807, 2.05) is 11.0 Å². The average molecular weight is 262 g/mol. The summed E-state index contributed by atoms with van der Waals surface area (Å²) in [6.07, 6.45) is 7.69. The number of likely N-dealkylation sites (tertiary alicyclic amines) is 1. The van der Waals surface area contributed by atoms with Gasteiger partial charge in [0.05, 0.1) is 5.54 Å². The number of carbonyl (C=O) groups excluding carboxylic acids is 1. The molecule has 3 N–H and O–H groups in total. The number of H-pyrrole nitrogens is 1. The highest BCUT2D eigenvalue weighted by molar-refractivity contribution is 5.86. The SMILES string of the molecule is NC1(C(=O)N2CCC(c3ccn[nH]3)CC2)CCCC1. The quantitative estimate of drug-likeness (QED) is 0.845. The van der Waals surface area contributed by atoms with Gasteiger partial charge in [0.2, 0.25) is 5.91 Å². The fraction of sp³-hybridized carbons (Fsp3) is 0.714. The molecule has 5 nitrogen and oxygen atoms in total. The van der Waals surface area contributed by atoms with Crippen molar-refractivity contribution >= 4 is 5.91 Å². The molecule has 104 valence electrons. The Bertz CT molecular complexity index is 428. The van der Waals surface area contributed by atoms with Crippen LogP contribution in [-0.4, -0.2) is 39.6 Å². The van der Waals surface area contributed by atoms with Gasteiger partial charge in [-0.15, -0.1) is 0 Å². The number of nitrogens with one attached hydrogen (secondary N) is 1. The van der Waals surface area contributed by atoms with Crippen LogP contribution in [0.15, 0.2) is 12.3 Å². The van der Waals surface area contributed by atoms with E-state index < -0.39 is 5.54 Å². The van der Waals surface area contributed by atoms with Crippen LogP contribution >= 0.6 is 0 Å². The molecular weight excluding hydrogens is 240 g/mol. The van der Waals surface area contributed by atoms with Crippen molar-refractivity contribution < 1.29 is 4.79 Å². The second kappa shape index (κ2) is 4.96. The molecule has 2 heterocycles. The molecule has 0 bridgehead atoms. The van der Waals surface area contributed by atoms with E-state index in [2.05, 4.69) is 10.2 Å². The number of rotatable bonds is 2. The van der Waals surface area contributed by atoms with Gasteiger partial charge in [-0.1, -0.05) is 12.8 Å². The summed E-state index contributed by atoms with van der Waals surface area (Å²) < 4.78 is 0. The van der Waals surface area contributed by atoms with Gasteiger partial charge in [-0.25, -0.2) is 0 Å². The second-order valence-corrected chi connectivity index (χ2v) is 5.94. The molecule has 1 saturated heterocycles. The van der Waals surface area contributed by atoms with Crippen LogP contribution in [0.4, 0.5) is 0 Å². The van der Waals surface area contributed by atoms with Crippen molar-refractivity contribution in [3.8, 4) is 0 Å². The summed E-state index contributed by atoms with van der Waals surface area (Å²) in [5, 5.41) is 7.04. The molecule has 1 aromatic rings. The van der Waals surface area contributed by atoms with E-state index in [1.165, 1.54) is 5.69 Å². The molecule has 5 heteroatoms. The lowest BCUT2D eigenvalue weighted by molar-refractivity contribution is -0.137. The third-order valence-electron chi connectivity index (χ3n) is 4.67. The molecule has 0 spiro atoms. The van der Waals surface area contributed by atoms with Crippen molar-refractivity contribution in [3.05, 3.63) is 18.0 Å². The highest BCUT2D eigenvalue weighted by atomic mass is 16.2. The van der Waals surface area contributed by atoms with Crippen LogP contribution in [0.1, 0.15) is 50.1 Å². The molecule has 3 rings (SSSR count). The predicted molar refractivity (Wildman–Crippen MR) is 72.5 cm³/mol. The lowest BCUT2D eigenvalue weighted by Gasteiger charge is -2.36. The Morgan fingerprint density at radius 1 is 1.37 bits per heavy atom. The van der Waals surface area contributed by atoms with Crippen molar-refractivity contribution in [2.75, 3.05) is 13.1 Å². The van der Waals surface area contributed by atoms with Gasteiger partial charge in [0, 0.05) is 30.9 Å². The summed E-state index contributed by atoms with van der Waals surface area (Å²) in [6.45, 7) is 1.64. The van der Waals surface area contributed by atoms with Crippen LogP contribution < -0.4 is 5.73 Å². The van der Waals surface area contributed by atoms with Gasteiger partial charge in [0.1, 0.15) is 0 Å². The molecule has 1 amide bonds. The lowest BCUT2D eigenvalue weighted by Crippen LogP contribution is -2.55. The summed E-state index contributed by atoms with van der Waals surface area (Å²) in [6, 6.07) is 2.03.